The Hall–Kier alpha value is -1.37. The second-order valence-electron chi connectivity index (χ2n) is 4.87. The van der Waals surface area contributed by atoms with Gasteiger partial charge >= 0.3 is 0 Å². The predicted molar refractivity (Wildman–Crippen MR) is 52.4 cm³/mol. The van der Waals surface area contributed by atoms with Gasteiger partial charge in [-0.3, -0.25) is 14.5 Å². The minimum atomic E-state index is -0.569. The van der Waals surface area contributed by atoms with Crippen molar-refractivity contribution in [3.63, 3.8) is 0 Å². The van der Waals surface area contributed by atoms with Crippen molar-refractivity contribution in [2.24, 2.45) is 10.8 Å². The highest BCUT2D eigenvalue weighted by atomic mass is 16.2. The highest BCUT2D eigenvalue weighted by Crippen LogP contribution is 2.58. The smallest absolute Gasteiger partial charge is 0.237 e. The number of amides is 2. The standard InChI is InChI=1S/C11H14N2O2/c1-10-4-3-5-11(10,2)9(15)13(7-6-12)8(10)14/h3-5,7H2,1-2H3/t10-,11+. The molecule has 4 nitrogen and oxygen atoms in total. The SMILES string of the molecule is C[C@@]12CCC[C@]1(C)C(=O)N(CC#N)C2=O. The van der Waals surface area contributed by atoms with Crippen molar-refractivity contribution in [2.45, 2.75) is 33.1 Å². The van der Waals surface area contributed by atoms with Gasteiger partial charge in [0.2, 0.25) is 11.8 Å². The summed E-state index contributed by atoms with van der Waals surface area (Å²) in [4.78, 5) is 25.3. The van der Waals surface area contributed by atoms with Crippen molar-refractivity contribution in [1.82, 2.24) is 4.90 Å². The molecule has 0 aromatic rings. The average Bonchev–Trinajstić information content (AvgIpc) is 2.57. The maximum Gasteiger partial charge on any atom is 0.237 e. The van der Waals surface area contributed by atoms with Gasteiger partial charge in [-0.15, -0.1) is 0 Å². The fraction of sp³-hybridized carbons (Fsp3) is 0.727. The van der Waals surface area contributed by atoms with Crippen molar-refractivity contribution in [3.8, 4) is 6.07 Å². The molecular formula is C11H14N2O2. The molecule has 80 valence electrons. The number of carbonyl (C=O) groups excluding carboxylic acids is 2. The van der Waals surface area contributed by atoms with Gasteiger partial charge in [0.25, 0.3) is 0 Å². The zero-order valence-electron chi connectivity index (χ0n) is 9.04. The van der Waals surface area contributed by atoms with Crippen molar-refractivity contribution >= 4 is 11.8 Å². The number of hydrogen-bond donors (Lipinski definition) is 0. The lowest BCUT2D eigenvalue weighted by Crippen LogP contribution is -2.35. The fourth-order valence-electron chi connectivity index (χ4n) is 2.94. The van der Waals surface area contributed by atoms with Crippen molar-refractivity contribution < 1.29 is 9.59 Å². The molecule has 0 aromatic heterocycles. The molecule has 1 heterocycles. The van der Waals surface area contributed by atoms with E-state index in [1.807, 2.05) is 19.9 Å². The molecule has 2 amide bonds. The molecule has 2 fully saturated rings. The van der Waals surface area contributed by atoms with Crippen LogP contribution in [0.25, 0.3) is 0 Å². The van der Waals surface area contributed by atoms with Crippen LogP contribution in [0.4, 0.5) is 0 Å². The van der Waals surface area contributed by atoms with Gasteiger partial charge in [0, 0.05) is 0 Å². The molecule has 2 aliphatic rings. The molecule has 2 atom stereocenters. The van der Waals surface area contributed by atoms with Crippen LogP contribution in [-0.4, -0.2) is 23.3 Å². The molecule has 15 heavy (non-hydrogen) atoms. The van der Waals surface area contributed by atoms with Crippen LogP contribution in [0.3, 0.4) is 0 Å². The monoisotopic (exact) mass is 206 g/mol. The van der Waals surface area contributed by atoms with Crippen LogP contribution in [0.2, 0.25) is 0 Å². The van der Waals surface area contributed by atoms with E-state index >= 15 is 0 Å². The van der Waals surface area contributed by atoms with E-state index in [1.54, 1.807) is 0 Å². The summed E-state index contributed by atoms with van der Waals surface area (Å²) in [5, 5.41) is 8.60. The molecule has 0 radical (unpaired) electrons. The number of nitriles is 1. The Bertz CT molecular complexity index is 357. The van der Waals surface area contributed by atoms with Gasteiger partial charge in [-0.25, -0.2) is 0 Å². The van der Waals surface area contributed by atoms with Crippen LogP contribution in [0.1, 0.15) is 33.1 Å². The van der Waals surface area contributed by atoms with Crippen LogP contribution in [0, 0.1) is 22.2 Å². The third-order valence-electron chi connectivity index (χ3n) is 4.23. The molecule has 4 heteroatoms. The van der Waals surface area contributed by atoms with Crippen LogP contribution >= 0.6 is 0 Å². The van der Waals surface area contributed by atoms with Gasteiger partial charge in [0.15, 0.2) is 0 Å². The van der Waals surface area contributed by atoms with Crippen LogP contribution in [0.5, 0.6) is 0 Å². The molecule has 2 rings (SSSR count). The van der Waals surface area contributed by atoms with Gasteiger partial charge in [-0.2, -0.15) is 5.26 Å². The molecule has 0 bridgehead atoms. The summed E-state index contributed by atoms with van der Waals surface area (Å²) >= 11 is 0. The Morgan fingerprint density at radius 3 is 2.13 bits per heavy atom. The van der Waals surface area contributed by atoms with E-state index in [2.05, 4.69) is 0 Å². The largest absolute Gasteiger partial charge is 0.274 e. The van der Waals surface area contributed by atoms with Crippen LogP contribution < -0.4 is 0 Å². The second-order valence-corrected chi connectivity index (χ2v) is 4.87. The first-order valence-electron chi connectivity index (χ1n) is 5.21. The molecule has 1 aliphatic carbocycles. The third-order valence-corrected chi connectivity index (χ3v) is 4.23. The topological polar surface area (TPSA) is 61.2 Å². The van der Waals surface area contributed by atoms with E-state index in [9.17, 15) is 9.59 Å². The summed E-state index contributed by atoms with van der Waals surface area (Å²) in [6, 6.07) is 1.88. The number of imide groups is 1. The molecule has 1 saturated heterocycles. The normalized spacial score (nSPS) is 39.4. The number of likely N-dealkylation sites (tertiary alicyclic amines) is 1. The first kappa shape index (κ1) is 10.2. The van der Waals surface area contributed by atoms with E-state index in [0.29, 0.717) is 0 Å². The fourth-order valence-corrected chi connectivity index (χ4v) is 2.94. The van der Waals surface area contributed by atoms with Crippen LogP contribution in [0.15, 0.2) is 0 Å². The summed E-state index contributed by atoms with van der Waals surface area (Å²) in [5.41, 5.74) is -1.14. The lowest BCUT2D eigenvalue weighted by atomic mass is 9.70. The van der Waals surface area contributed by atoms with E-state index in [-0.39, 0.29) is 18.4 Å². The maximum absolute atomic E-state index is 12.1. The molecule has 1 saturated carbocycles. The zero-order valence-corrected chi connectivity index (χ0v) is 9.04. The molecule has 0 unspecified atom stereocenters. The Balaban J connectivity index is 2.45. The van der Waals surface area contributed by atoms with E-state index in [4.69, 9.17) is 5.26 Å². The van der Waals surface area contributed by atoms with E-state index in [0.717, 1.165) is 24.2 Å². The summed E-state index contributed by atoms with van der Waals surface area (Å²) in [6.45, 7) is 3.61. The summed E-state index contributed by atoms with van der Waals surface area (Å²) < 4.78 is 0. The second kappa shape index (κ2) is 2.82. The summed E-state index contributed by atoms with van der Waals surface area (Å²) in [7, 11) is 0. The molecular weight excluding hydrogens is 192 g/mol. The zero-order chi connectivity index (χ0) is 11.3. The number of hydrogen-bond acceptors (Lipinski definition) is 3. The molecule has 1 aliphatic heterocycles. The molecule has 0 N–H and O–H groups in total. The quantitative estimate of drug-likeness (QED) is 0.476. The average molecular weight is 206 g/mol. The first-order chi connectivity index (χ1) is 6.97. The van der Waals surface area contributed by atoms with Gasteiger partial charge in [-0.1, -0.05) is 6.42 Å². The van der Waals surface area contributed by atoms with Gasteiger partial charge in [0.05, 0.1) is 16.9 Å². The Morgan fingerprint density at radius 2 is 1.73 bits per heavy atom. The first-order valence-corrected chi connectivity index (χ1v) is 5.21. The lowest BCUT2D eigenvalue weighted by molar-refractivity contribution is -0.141. The Kier molecular flexibility index (Phi) is 1.91. The number of carbonyl (C=O) groups is 2. The van der Waals surface area contributed by atoms with E-state index < -0.39 is 10.8 Å². The number of fused-ring (bicyclic) bond motifs is 1. The van der Waals surface area contributed by atoms with Gasteiger partial charge in [0.1, 0.15) is 6.54 Å². The Morgan fingerprint density at radius 1 is 1.27 bits per heavy atom. The maximum atomic E-state index is 12.1. The summed E-state index contributed by atoms with van der Waals surface area (Å²) in [5.74, 6) is -0.317. The van der Waals surface area contributed by atoms with Gasteiger partial charge < -0.3 is 0 Å². The highest BCUT2D eigenvalue weighted by Gasteiger charge is 2.66. The van der Waals surface area contributed by atoms with E-state index in [1.165, 1.54) is 0 Å². The van der Waals surface area contributed by atoms with Gasteiger partial charge in [-0.05, 0) is 26.7 Å². The number of rotatable bonds is 1. The van der Waals surface area contributed by atoms with Crippen LogP contribution in [-0.2, 0) is 9.59 Å². The third kappa shape index (κ3) is 0.956. The van der Waals surface area contributed by atoms with Crippen molar-refractivity contribution in [2.75, 3.05) is 6.54 Å². The Labute approximate surface area is 88.9 Å². The molecule has 0 spiro atoms. The minimum absolute atomic E-state index is 0.108. The summed E-state index contributed by atoms with van der Waals surface area (Å²) in [6.07, 6.45) is 2.44. The molecule has 0 aromatic carbocycles. The van der Waals surface area contributed by atoms with Crippen molar-refractivity contribution in [3.05, 3.63) is 0 Å². The predicted octanol–water partition coefficient (Wildman–Crippen LogP) is 1.08. The van der Waals surface area contributed by atoms with Crippen molar-refractivity contribution in [1.29, 1.82) is 5.26 Å². The highest BCUT2D eigenvalue weighted by molar-refractivity contribution is 6.09. The minimum Gasteiger partial charge on any atom is -0.274 e. The number of nitrogens with zero attached hydrogens (tertiary/aromatic N) is 2. The lowest BCUT2D eigenvalue weighted by Gasteiger charge is -2.28.